The van der Waals surface area contributed by atoms with Crippen LogP contribution in [0.25, 0.3) is 0 Å². The van der Waals surface area contributed by atoms with Crippen molar-refractivity contribution in [3.63, 3.8) is 0 Å². The van der Waals surface area contributed by atoms with Gasteiger partial charge in [-0.25, -0.2) is 0 Å². The molecule has 2 aromatic carbocycles. The Morgan fingerprint density at radius 3 is 2.67 bits per heavy atom. The van der Waals surface area contributed by atoms with Crippen LogP contribution in [0.3, 0.4) is 0 Å². The number of ether oxygens (including phenoxy) is 1. The molecule has 0 saturated heterocycles. The SMILES string of the molecule is NCCc1cccc(OCc2ccccc2Br)c1. The molecule has 0 aliphatic rings. The average Bonchev–Trinajstić information content (AvgIpc) is 2.39. The average molecular weight is 306 g/mol. The fraction of sp³-hybridized carbons (Fsp3) is 0.200. The summed E-state index contributed by atoms with van der Waals surface area (Å²) in [6.45, 7) is 1.22. The van der Waals surface area contributed by atoms with Gasteiger partial charge in [0.15, 0.2) is 0 Å². The molecule has 0 radical (unpaired) electrons. The van der Waals surface area contributed by atoms with Crippen molar-refractivity contribution in [1.82, 2.24) is 0 Å². The van der Waals surface area contributed by atoms with Crippen LogP contribution in [-0.4, -0.2) is 6.54 Å². The molecule has 0 spiro atoms. The maximum absolute atomic E-state index is 5.79. The molecule has 2 N–H and O–H groups in total. The molecule has 94 valence electrons. The Bertz CT molecular complexity index is 513. The van der Waals surface area contributed by atoms with Gasteiger partial charge in [-0.1, -0.05) is 46.3 Å². The highest BCUT2D eigenvalue weighted by Crippen LogP contribution is 2.19. The van der Waals surface area contributed by atoms with Gasteiger partial charge in [0.25, 0.3) is 0 Å². The first-order valence-corrected chi connectivity index (χ1v) is 6.74. The smallest absolute Gasteiger partial charge is 0.120 e. The summed E-state index contributed by atoms with van der Waals surface area (Å²) < 4.78 is 6.86. The van der Waals surface area contributed by atoms with Crippen LogP contribution in [0.1, 0.15) is 11.1 Å². The Balaban J connectivity index is 2.02. The van der Waals surface area contributed by atoms with Gasteiger partial charge < -0.3 is 10.5 Å². The van der Waals surface area contributed by atoms with Crippen molar-refractivity contribution in [1.29, 1.82) is 0 Å². The Hall–Kier alpha value is -1.32. The molecule has 2 rings (SSSR count). The maximum atomic E-state index is 5.79. The fourth-order valence-electron chi connectivity index (χ4n) is 1.73. The van der Waals surface area contributed by atoms with Gasteiger partial charge in [0, 0.05) is 10.0 Å². The molecule has 3 heteroatoms. The normalized spacial score (nSPS) is 10.3. The fourth-order valence-corrected chi connectivity index (χ4v) is 2.13. The number of hydrogen-bond donors (Lipinski definition) is 1. The Morgan fingerprint density at radius 2 is 1.89 bits per heavy atom. The van der Waals surface area contributed by atoms with Gasteiger partial charge in [-0.3, -0.25) is 0 Å². The molecule has 0 aliphatic heterocycles. The third kappa shape index (κ3) is 3.59. The first kappa shape index (κ1) is 13.1. The van der Waals surface area contributed by atoms with E-state index < -0.39 is 0 Å². The third-order valence-corrected chi connectivity index (χ3v) is 3.46. The maximum Gasteiger partial charge on any atom is 0.120 e. The molecule has 18 heavy (non-hydrogen) atoms. The van der Waals surface area contributed by atoms with Gasteiger partial charge in [-0.15, -0.1) is 0 Å². The third-order valence-electron chi connectivity index (χ3n) is 2.68. The van der Waals surface area contributed by atoms with Crippen molar-refractivity contribution in [2.24, 2.45) is 5.73 Å². The highest BCUT2D eigenvalue weighted by molar-refractivity contribution is 9.10. The van der Waals surface area contributed by atoms with Crippen LogP contribution in [0.4, 0.5) is 0 Å². The van der Waals surface area contributed by atoms with Crippen LogP contribution in [0, 0.1) is 0 Å². The van der Waals surface area contributed by atoms with Crippen molar-refractivity contribution >= 4 is 15.9 Å². The minimum atomic E-state index is 0.563. The van der Waals surface area contributed by atoms with E-state index in [0.29, 0.717) is 13.2 Å². The summed E-state index contributed by atoms with van der Waals surface area (Å²) in [6, 6.07) is 16.2. The van der Waals surface area contributed by atoms with E-state index in [1.807, 2.05) is 42.5 Å². The second-order valence-electron chi connectivity index (χ2n) is 4.07. The van der Waals surface area contributed by atoms with Crippen molar-refractivity contribution in [2.75, 3.05) is 6.54 Å². The summed E-state index contributed by atoms with van der Waals surface area (Å²) in [5.74, 6) is 0.886. The van der Waals surface area contributed by atoms with E-state index in [1.165, 1.54) is 5.56 Å². The Morgan fingerprint density at radius 1 is 1.06 bits per heavy atom. The first-order valence-electron chi connectivity index (χ1n) is 5.95. The topological polar surface area (TPSA) is 35.2 Å². The van der Waals surface area contributed by atoms with Crippen molar-refractivity contribution in [3.8, 4) is 5.75 Å². The van der Waals surface area contributed by atoms with Gasteiger partial charge >= 0.3 is 0 Å². The van der Waals surface area contributed by atoms with Gasteiger partial charge in [0.1, 0.15) is 12.4 Å². The second-order valence-corrected chi connectivity index (χ2v) is 4.92. The zero-order chi connectivity index (χ0) is 12.8. The molecule has 0 unspecified atom stereocenters. The molecular weight excluding hydrogens is 290 g/mol. The number of hydrogen-bond acceptors (Lipinski definition) is 2. The number of benzene rings is 2. The predicted molar refractivity (Wildman–Crippen MR) is 77.7 cm³/mol. The van der Waals surface area contributed by atoms with Crippen molar-refractivity contribution in [2.45, 2.75) is 13.0 Å². The Labute approximate surface area is 116 Å². The molecule has 2 nitrogen and oxygen atoms in total. The van der Waals surface area contributed by atoms with E-state index in [0.717, 1.165) is 22.2 Å². The molecule has 0 saturated carbocycles. The summed E-state index contributed by atoms with van der Waals surface area (Å²) in [7, 11) is 0. The molecule has 0 heterocycles. The van der Waals surface area contributed by atoms with Crippen LogP contribution < -0.4 is 10.5 Å². The van der Waals surface area contributed by atoms with Crippen LogP contribution >= 0.6 is 15.9 Å². The standard InChI is InChI=1S/C15H16BrNO/c16-15-7-2-1-5-13(15)11-18-14-6-3-4-12(10-14)8-9-17/h1-7,10H,8-9,11,17H2. The highest BCUT2D eigenvalue weighted by atomic mass is 79.9. The summed E-state index contributed by atoms with van der Waals surface area (Å²) >= 11 is 3.51. The molecule has 2 aromatic rings. The first-order chi connectivity index (χ1) is 8.79. The molecule has 0 atom stereocenters. The zero-order valence-corrected chi connectivity index (χ0v) is 11.7. The van der Waals surface area contributed by atoms with Gasteiger partial charge in [-0.05, 0) is 36.7 Å². The van der Waals surface area contributed by atoms with E-state index >= 15 is 0 Å². The van der Waals surface area contributed by atoms with E-state index in [-0.39, 0.29) is 0 Å². The lowest BCUT2D eigenvalue weighted by Crippen LogP contribution is -2.03. The van der Waals surface area contributed by atoms with Crippen molar-refractivity contribution < 1.29 is 4.74 Å². The lowest BCUT2D eigenvalue weighted by atomic mass is 10.1. The van der Waals surface area contributed by atoms with E-state index in [1.54, 1.807) is 0 Å². The second kappa shape index (κ2) is 6.57. The Kier molecular flexibility index (Phi) is 4.79. The van der Waals surface area contributed by atoms with Crippen LogP contribution in [-0.2, 0) is 13.0 Å². The molecule has 0 bridgehead atoms. The summed E-state index contributed by atoms with van der Waals surface area (Å²) in [4.78, 5) is 0. The lowest BCUT2D eigenvalue weighted by Gasteiger charge is -2.09. The summed E-state index contributed by atoms with van der Waals surface area (Å²) in [5.41, 5.74) is 7.90. The van der Waals surface area contributed by atoms with Crippen LogP contribution in [0.2, 0.25) is 0 Å². The monoisotopic (exact) mass is 305 g/mol. The van der Waals surface area contributed by atoms with Gasteiger partial charge in [0.05, 0.1) is 0 Å². The summed E-state index contributed by atoms with van der Waals surface area (Å²) in [5, 5.41) is 0. The lowest BCUT2D eigenvalue weighted by molar-refractivity contribution is 0.305. The molecule has 0 aromatic heterocycles. The highest BCUT2D eigenvalue weighted by Gasteiger charge is 2.00. The summed E-state index contributed by atoms with van der Waals surface area (Å²) in [6.07, 6.45) is 0.881. The minimum Gasteiger partial charge on any atom is -0.489 e. The quantitative estimate of drug-likeness (QED) is 0.917. The number of halogens is 1. The molecular formula is C15H16BrNO. The van der Waals surface area contributed by atoms with Crippen molar-refractivity contribution in [3.05, 3.63) is 64.1 Å². The van der Waals surface area contributed by atoms with Crippen LogP contribution in [0.5, 0.6) is 5.75 Å². The predicted octanol–water partition coefficient (Wildman–Crippen LogP) is 3.53. The van der Waals surface area contributed by atoms with Crippen LogP contribution in [0.15, 0.2) is 53.0 Å². The van der Waals surface area contributed by atoms with E-state index in [4.69, 9.17) is 10.5 Å². The largest absolute Gasteiger partial charge is 0.489 e. The number of rotatable bonds is 5. The zero-order valence-electron chi connectivity index (χ0n) is 10.1. The molecule has 0 fully saturated rings. The molecule has 0 aliphatic carbocycles. The molecule has 0 amide bonds. The van der Waals surface area contributed by atoms with Gasteiger partial charge in [0.2, 0.25) is 0 Å². The van der Waals surface area contributed by atoms with E-state index in [2.05, 4.69) is 22.0 Å². The number of nitrogens with two attached hydrogens (primary N) is 1. The van der Waals surface area contributed by atoms with E-state index in [9.17, 15) is 0 Å². The van der Waals surface area contributed by atoms with Gasteiger partial charge in [-0.2, -0.15) is 0 Å². The minimum absolute atomic E-state index is 0.563.